The number of nitrogens with zero attached hydrogens (tertiary/aromatic N) is 2. The number of carbonyl (C=O) groups is 1. The number of rotatable bonds is 8. The minimum absolute atomic E-state index is 0.0524. The number of aryl methyl sites for hydroxylation is 1. The second kappa shape index (κ2) is 8.59. The molecule has 2 rings (SSSR count). The number of fused-ring (bicyclic) bond motifs is 1. The van der Waals surface area contributed by atoms with Crippen molar-refractivity contribution in [3.8, 4) is 0 Å². The molecule has 6 heteroatoms. The Kier molecular flexibility index (Phi) is 6.49. The Morgan fingerprint density at radius 3 is 2.79 bits per heavy atom. The van der Waals surface area contributed by atoms with E-state index in [2.05, 4.69) is 23.8 Å². The van der Waals surface area contributed by atoms with Crippen LogP contribution in [0.15, 0.2) is 29.1 Å². The molecule has 24 heavy (non-hydrogen) atoms. The van der Waals surface area contributed by atoms with Gasteiger partial charge in [-0.2, -0.15) is 0 Å². The van der Waals surface area contributed by atoms with Crippen LogP contribution in [0.5, 0.6) is 0 Å². The van der Waals surface area contributed by atoms with Crippen molar-refractivity contribution < 1.29 is 9.53 Å². The number of aromatic nitrogens is 2. The lowest BCUT2D eigenvalue weighted by Crippen LogP contribution is -2.37. The largest absolute Gasteiger partial charge is 0.383 e. The second-order valence-electron chi connectivity index (χ2n) is 6.26. The summed E-state index contributed by atoms with van der Waals surface area (Å²) < 4.78 is 5.08. The third-order valence-electron chi connectivity index (χ3n) is 3.74. The SMILES string of the molecule is COCCN(CC(C)C)C(=O)CCc1nc2ccccc2c(=O)[nH]1. The standard InChI is InChI=1S/C18H25N3O3/c1-13(2)12-21(10-11-24-3)17(22)9-8-16-19-15-7-5-4-6-14(15)18(23)20-16/h4-7,13H,8-12H2,1-3H3,(H,19,20,23). The van der Waals surface area contributed by atoms with Crippen LogP contribution in [-0.2, 0) is 16.0 Å². The van der Waals surface area contributed by atoms with Gasteiger partial charge in [0.1, 0.15) is 5.82 Å². The Hall–Kier alpha value is -2.21. The highest BCUT2D eigenvalue weighted by Gasteiger charge is 2.15. The van der Waals surface area contributed by atoms with Crippen molar-refractivity contribution >= 4 is 16.8 Å². The average molecular weight is 331 g/mol. The number of carbonyl (C=O) groups excluding carboxylic acids is 1. The Labute approximate surface area is 141 Å². The van der Waals surface area contributed by atoms with Crippen molar-refractivity contribution in [2.75, 3.05) is 26.8 Å². The van der Waals surface area contributed by atoms with Crippen LogP contribution in [0.1, 0.15) is 26.1 Å². The summed E-state index contributed by atoms with van der Waals surface area (Å²) in [5.41, 5.74) is 0.489. The number of ether oxygens (including phenoxy) is 1. The second-order valence-corrected chi connectivity index (χ2v) is 6.26. The predicted molar refractivity (Wildman–Crippen MR) is 94.0 cm³/mol. The Bertz CT molecular complexity index is 740. The molecule has 0 atom stereocenters. The number of hydrogen-bond acceptors (Lipinski definition) is 4. The third kappa shape index (κ3) is 4.89. The van der Waals surface area contributed by atoms with E-state index in [0.717, 1.165) is 0 Å². The molecule has 0 saturated carbocycles. The first kappa shape index (κ1) is 18.1. The van der Waals surface area contributed by atoms with Gasteiger partial charge in [-0.3, -0.25) is 9.59 Å². The zero-order valence-electron chi connectivity index (χ0n) is 14.5. The summed E-state index contributed by atoms with van der Waals surface area (Å²) in [6.45, 7) is 5.95. The quantitative estimate of drug-likeness (QED) is 0.802. The van der Waals surface area contributed by atoms with E-state index in [1.807, 2.05) is 17.0 Å². The minimum Gasteiger partial charge on any atom is -0.383 e. The predicted octanol–water partition coefficient (Wildman–Crippen LogP) is 1.99. The first-order valence-corrected chi connectivity index (χ1v) is 8.26. The fraction of sp³-hybridized carbons (Fsp3) is 0.500. The Balaban J connectivity index is 2.05. The van der Waals surface area contributed by atoms with Crippen LogP contribution in [0.25, 0.3) is 10.9 Å². The molecular weight excluding hydrogens is 306 g/mol. The molecule has 1 N–H and O–H groups in total. The summed E-state index contributed by atoms with van der Waals surface area (Å²) >= 11 is 0. The molecule has 0 bridgehead atoms. The van der Waals surface area contributed by atoms with Gasteiger partial charge < -0.3 is 14.6 Å². The summed E-state index contributed by atoms with van der Waals surface area (Å²) in [5, 5.41) is 0.564. The van der Waals surface area contributed by atoms with E-state index >= 15 is 0 Å². The molecule has 0 saturated heterocycles. The van der Waals surface area contributed by atoms with Crippen LogP contribution in [0.4, 0.5) is 0 Å². The molecule has 0 unspecified atom stereocenters. The molecule has 0 aliphatic rings. The monoisotopic (exact) mass is 331 g/mol. The van der Waals surface area contributed by atoms with Crippen LogP contribution in [-0.4, -0.2) is 47.6 Å². The van der Waals surface area contributed by atoms with Crippen LogP contribution in [0, 0.1) is 5.92 Å². The zero-order valence-corrected chi connectivity index (χ0v) is 14.5. The number of amides is 1. The topological polar surface area (TPSA) is 75.3 Å². The highest BCUT2D eigenvalue weighted by molar-refractivity contribution is 5.78. The summed E-state index contributed by atoms with van der Waals surface area (Å²) in [5.74, 6) is 0.990. The summed E-state index contributed by atoms with van der Waals surface area (Å²) in [4.78, 5) is 33.5. The maximum atomic E-state index is 12.5. The normalized spacial score (nSPS) is 11.2. The van der Waals surface area contributed by atoms with E-state index in [4.69, 9.17) is 4.74 Å². The van der Waals surface area contributed by atoms with E-state index in [-0.39, 0.29) is 11.5 Å². The lowest BCUT2D eigenvalue weighted by atomic mass is 10.2. The van der Waals surface area contributed by atoms with Gasteiger partial charge in [-0.25, -0.2) is 4.98 Å². The summed E-state index contributed by atoms with van der Waals surface area (Å²) in [6.07, 6.45) is 0.734. The summed E-state index contributed by atoms with van der Waals surface area (Å²) in [6, 6.07) is 7.20. The van der Waals surface area contributed by atoms with Gasteiger partial charge in [0, 0.05) is 33.0 Å². The van der Waals surface area contributed by atoms with Gasteiger partial charge in [-0.05, 0) is 18.1 Å². The molecule has 130 valence electrons. The molecule has 0 aliphatic heterocycles. The smallest absolute Gasteiger partial charge is 0.258 e. The molecule has 1 heterocycles. The maximum absolute atomic E-state index is 12.5. The number of para-hydroxylation sites is 1. The van der Waals surface area contributed by atoms with Gasteiger partial charge in [-0.15, -0.1) is 0 Å². The summed E-state index contributed by atoms with van der Waals surface area (Å²) in [7, 11) is 1.63. The molecule has 0 spiro atoms. The van der Waals surface area contributed by atoms with Gasteiger partial charge in [0.15, 0.2) is 0 Å². The van der Waals surface area contributed by atoms with Crippen molar-refractivity contribution in [1.29, 1.82) is 0 Å². The zero-order chi connectivity index (χ0) is 17.5. The molecular formula is C18H25N3O3. The lowest BCUT2D eigenvalue weighted by Gasteiger charge is -2.24. The fourth-order valence-corrected chi connectivity index (χ4v) is 2.60. The number of nitrogens with one attached hydrogen (secondary N) is 1. The molecule has 1 aromatic heterocycles. The van der Waals surface area contributed by atoms with Crippen molar-refractivity contribution in [2.24, 2.45) is 5.92 Å². The number of methoxy groups -OCH3 is 1. The first-order chi connectivity index (χ1) is 11.5. The third-order valence-corrected chi connectivity index (χ3v) is 3.74. The average Bonchev–Trinajstić information content (AvgIpc) is 2.56. The number of aromatic amines is 1. The molecule has 0 aliphatic carbocycles. The number of hydrogen-bond donors (Lipinski definition) is 1. The van der Waals surface area contributed by atoms with Crippen LogP contribution in [0.3, 0.4) is 0 Å². The van der Waals surface area contributed by atoms with Gasteiger partial charge in [0.25, 0.3) is 5.56 Å². The molecule has 1 aromatic carbocycles. The number of benzene rings is 1. The van der Waals surface area contributed by atoms with E-state index in [1.165, 1.54) is 0 Å². The van der Waals surface area contributed by atoms with Crippen molar-refractivity contribution in [3.63, 3.8) is 0 Å². The van der Waals surface area contributed by atoms with E-state index in [0.29, 0.717) is 55.2 Å². The molecule has 2 aromatic rings. The first-order valence-electron chi connectivity index (χ1n) is 8.26. The van der Waals surface area contributed by atoms with E-state index in [1.54, 1.807) is 19.2 Å². The Morgan fingerprint density at radius 1 is 1.33 bits per heavy atom. The highest BCUT2D eigenvalue weighted by Crippen LogP contribution is 2.08. The molecule has 0 fully saturated rings. The van der Waals surface area contributed by atoms with Crippen LogP contribution in [0.2, 0.25) is 0 Å². The van der Waals surface area contributed by atoms with Crippen molar-refractivity contribution in [2.45, 2.75) is 26.7 Å². The van der Waals surface area contributed by atoms with E-state index < -0.39 is 0 Å². The Morgan fingerprint density at radius 2 is 2.08 bits per heavy atom. The minimum atomic E-state index is -0.165. The number of H-pyrrole nitrogens is 1. The maximum Gasteiger partial charge on any atom is 0.258 e. The van der Waals surface area contributed by atoms with Gasteiger partial charge in [-0.1, -0.05) is 26.0 Å². The van der Waals surface area contributed by atoms with Crippen molar-refractivity contribution in [1.82, 2.24) is 14.9 Å². The van der Waals surface area contributed by atoms with Crippen molar-refractivity contribution in [3.05, 3.63) is 40.4 Å². The molecule has 0 radical (unpaired) electrons. The molecule has 6 nitrogen and oxygen atoms in total. The van der Waals surface area contributed by atoms with Gasteiger partial charge in [0.2, 0.25) is 5.91 Å². The fourth-order valence-electron chi connectivity index (χ4n) is 2.60. The van der Waals surface area contributed by atoms with Gasteiger partial charge in [0.05, 0.1) is 17.5 Å². The highest BCUT2D eigenvalue weighted by atomic mass is 16.5. The van der Waals surface area contributed by atoms with Crippen LogP contribution >= 0.6 is 0 Å². The van der Waals surface area contributed by atoms with Gasteiger partial charge >= 0.3 is 0 Å². The van der Waals surface area contributed by atoms with Crippen LogP contribution < -0.4 is 5.56 Å². The lowest BCUT2D eigenvalue weighted by molar-refractivity contribution is -0.132. The molecule has 1 amide bonds. The van der Waals surface area contributed by atoms with E-state index in [9.17, 15) is 9.59 Å².